The average molecular weight is 479 g/mol. The minimum absolute atomic E-state index is 0.0157. The van der Waals surface area contributed by atoms with E-state index in [0.717, 1.165) is 5.56 Å². The fourth-order valence-corrected chi connectivity index (χ4v) is 4.66. The van der Waals surface area contributed by atoms with E-state index >= 15 is 0 Å². The van der Waals surface area contributed by atoms with Gasteiger partial charge in [-0.2, -0.15) is 0 Å². The maximum absolute atomic E-state index is 13.3. The summed E-state index contributed by atoms with van der Waals surface area (Å²) in [5.74, 6) is -0.799. The molecule has 2 atom stereocenters. The van der Waals surface area contributed by atoms with Crippen molar-refractivity contribution in [2.45, 2.75) is 63.9 Å². The number of hydrogen-bond donors (Lipinski definition) is 1. The topological polar surface area (TPSA) is 99.1 Å². The number of carbonyl (C=O) groups is 3. The van der Waals surface area contributed by atoms with E-state index < -0.39 is 24.0 Å². The van der Waals surface area contributed by atoms with Gasteiger partial charge in [0, 0.05) is 24.3 Å². The number of ether oxygens (including phenoxy) is 3. The molecule has 1 N–H and O–H groups in total. The number of phenolic OH excluding ortho intramolecular Hbond substituents is 1. The molecule has 35 heavy (non-hydrogen) atoms. The second-order valence-electron chi connectivity index (χ2n) is 9.05. The van der Waals surface area contributed by atoms with Crippen molar-refractivity contribution < 1.29 is 33.7 Å². The van der Waals surface area contributed by atoms with E-state index in [1.165, 1.54) is 0 Å². The second-order valence-corrected chi connectivity index (χ2v) is 9.05. The summed E-state index contributed by atoms with van der Waals surface area (Å²) in [6.07, 6.45) is 6.66. The molecule has 0 bridgehead atoms. The van der Waals surface area contributed by atoms with Gasteiger partial charge in [0.2, 0.25) is 0 Å². The van der Waals surface area contributed by atoms with Crippen LogP contribution in [0.1, 0.15) is 84.8 Å². The van der Waals surface area contributed by atoms with Gasteiger partial charge in [-0.1, -0.05) is 24.3 Å². The van der Waals surface area contributed by atoms with Crippen molar-refractivity contribution in [3.8, 4) is 17.2 Å². The Morgan fingerprint density at radius 3 is 2.69 bits per heavy atom. The summed E-state index contributed by atoms with van der Waals surface area (Å²) >= 11 is 0. The molecule has 2 aromatic rings. The summed E-state index contributed by atoms with van der Waals surface area (Å²) in [6.45, 7) is 1.78. The SMILES string of the molecule is COc1cccc([C@@H]2CC(=O)Oc3cc4c(c(O)c32)C(=O)O[C@H](C)CCCC(=O)CCCC=C4)c1. The van der Waals surface area contributed by atoms with Crippen LogP contribution in [0.5, 0.6) is 17.2 Å². The van der Waals surface area contributed by atoms with Gasteiger partial charge >= 0.3 is 11.9 Å². The van der Waals surface area contributed by atoms with E-state index in [9.17, 15) is 19.5 Å². The van der Waals surface area contributed by atoms with Crippen molar-refractivity contribution in [1.82, 2.24) is 0 Å². The van der Waals surface area contributed by atoms with E-state index in [4.69, 9.17) is 14.2 Å². The van der Waals surface area contributed by atoms with Crippen LogP contribution in [0.3, 0.4) is 0 Å². The van der Waals surface area contributed by atoms with E-state index in [1.54, 1.807) is 38.3 Å². The lowest BCUT2D eigenvalue weighted by Crippen LogP contribution is -2.23. The van der Waals surface area contributed by atoms with Crippen LogP contribution in [0.4, 0.5) is 0 Å². The summed E-state index contributed by atoms with van der Waals surface area (Å²) in [7, 11) is 1.56. The van der Waals surface area contributed by atoms with E-state index in [2.05, 4.69) is 0 Å². The monoisotopic (exact) mass is 478 g/mol. The van der Waals surface area contributed by atoms with Gasteiger partial charge in [0.25, 0.3) is 0 Å². The Balaban J connectivity index is 1.81. The predicted molar refractivity (Wildman–Crippen MR) is 130 cm³/mol. The number of carbonyl (C=O) groups excluding carboxylic acids is 3. The number of esters is 2. The molecule has 0 aliphatic carbocycles. The molecule has 2 aliphatic heterocycles. The molecule has 0 saturated heterocycles. The van der Waals surface area contributed by atoms with Gasteiger partial charge < -0.3 is 19.3 Å². The van der Waals surface area contributed by atoms with Crippen LogP contribution in [0.15, 0.2) is 36.4 Å². The average Bonchev–Trinajstić information content (AvgIpc) is 2.82. The summed E-state index contributed by atoms with van der Waals surface area (Å²) in [4.78, 5) is 37.8. The second kappa shape index (κ2) is 10.8. The summed E-state index contributed by atoms with van der Waals surface area (Å²) in [6, 6.07) is 8.87. The van der Waals surface area contributed by atoms with Gasteiger partial charge in [-0.25, -0.2) is 4.79 Å². The van der Waals surface area contributed by atoms with Crippen molar-refractivity contribution in [2.24, 2.45) is 0 Å². The Labute approximate surface area is 204 Å². The lowest BCUT2D eigenvalue weighted by atomic mass is 9.83. The Morgan fingerprint density at radius 1 is 1.09 bits per heavy atom. The molecule has 184 valence electrons. The number of fused-ring (bicyclic) bond motifs is 2. The molecule has 0 unspecified atom stereocenters. The van der Waals surface area contributed by atoms with Crippen LogP contribution in [0.2, 0.25) is 0 Å². The maximum atomic E-state index is 13.3. The lowest BCUT2D eigenvalue weighted by Gasteiger charge is -2.28. The van der Waals surface area contributed by atoms with Crippen LogP contribution >= 0.6 is 0 Å². The number of Topliss-reactive ketones (excluding diaryl/α,β-unsaturated/α-hetero) is 1. The first kappa shape index (κ1) is 24.5. The Morgan fingerprint density at radius 2 is 1.89 bits per heavy atom. The lowest BCUT2D eigenvalue weighted by molar-refractivity contribution is -0.135. The highest BCUT2D eigenvalue weighted by Gasteiger charge is 2.35. The molecule has 7 heteroatoms. The molecular weight excluding hydrogens is 448 g/mol. The van der Waals surface area contributed by atoms with E-state index in [1.807, 2.05) is 18.2 Å². The third-order valence-corrected chi connectivity index (χ3v) is 6.47. The molecule has 2 aromatic carbocycles. The predicted octanol–water partition coefficient (Wildman–Crippen LogP) is 5.32. The van der Waals surface area contributed by atoms with Gasteiger partial charge in [-0.15, -0.1) is 0 Å². The van der Waals surface area contributed by atoms with Crippen LogP contribution in [-0.4, -0.2) is 36.0 Å². The van der Waals surface area contributed by atoms with Gasteiger partial charge in [0.15, 0.2) is 0 Å². The number of methoxy groups -OCH3 is 1. The highest BCUT2D eigenvalue weighted by molar-refractivity contribution is 5.98. The molecule has 7 nitrogen and oxygen atoms in total. The van der Waals surface area contributed by atoms with Crippen LogP contribution in [-0.2, 0) is 14.3 Å². The van der Waals surface area contributed by atoms with Gasteiger partial charge in [0.1, 0.15) is 28.6 Å². The molecule has 0 spiro atoms. The number of cyclic esters (lactones) is 1. The Hall–Kier alpha value is -3.61. The molecule has 0 amide bonds. The smallest absolute Gasteiger partial charge is 0.342 e. The van der Waals surface area contributed by atoms with Crippen molar-refractivity contribution >= 4 is 23.8 Å². The fraction of sp³-hybridized carbons (Fsp3) is 0.393. The van der Waals surface area contributed by atoms with Crippen molar-refractivity contribution in [3.05, 3.63) is 58.7 Å². The largest absolute Gasteiger partial charge is 0.507 e. The number of allylic oxidation sites excluding steroid dienone is 1. The standard InChI is InChI=1S/C28H30O7/c1-17-8-6-12-20(29)11-5-3-4-9-19-15-23-26(27(31)25(19)28(32)34-17)22(16-24(30)35-23)18-10-7-13-21(14-18)33-2/h4,7,9-10,13-15,17,22,31H,3,5-6,8,11-12,16H2,1-2H3/t17-,22+/m1/s1. The third kappa shape index (κ3) is 5.56. The van der Waals surface area contributed by atoms with E-state index in [0.29, 0.717) is 55.4 Å². The number of ketones is 1. The molecule has 4 rings (SSSR count). The fourth-order valence-electron chi connectivity index (χ4n) is 4.66. The first-order valence-electron chi connectivity index (χ1n) is 12.0. The minimum atomic E-state index is -0.651. The minimum Gasteiger partial charge on any atom is -0.507 e. The highest BCUT2D eigenvalue weighted by atomic mass is 16.5. The van der Waals surface area contributed by atoms with Crippen LogP contribution in [0, 0.1) is 0 Å². The molecule has 2 aliphatic rings. The number of phenols is 1. The zero-order valence-electron chi connectivity index (χ0n) is 20.0. The zero-order valence-corrected chi connectivity index (χ0v) is 20.0. The quantitative estimate of drug-likeness (QED) is 0.460. The van der Waals surface area contributed by atoms with Gasteiger partial charge in [0.05, 0.1) is 19.6 Å². The summed E-state index contributed by atoms with van der Waals surface area (Å²) < 4.78 is 16.5. The molecule has 2 heterocycles. The van der Waals surface area contributed by atoms with Crippen LogP contribution < -0.4 is 9.47 Å². The maximum Gasteiger partial charge on any atom is 0.342 e. The Bertz CT molecular complexity index is 1160. The summed E-state index contributed by atoms with van der Waals surface area (Å²) in [5.41, 5.74) is 1.59. The number of aromatic hydroxyl groups is 1. The molecule has 0 saturated carbocycles. The summed E-state index contributed by atoms with van der Waals surface area (Å²) in [5, 5.41) is 11.4. The van der Waals surface area contributed by atoms with Crippen molar-refractivity contribution in [3.63, 3.8) is 0 Å². The van der Waals surface area contributed by atoms with Crippen molar-refractivity contribution in [2.75, 3.05) is 7.11 Å². The number of rotatable bonds is 2. The molecule has 0 aromatic heterocycles. The molecule has 0 radical (unpaired) electrons. The first-order chi connectivity index (χ1) is 16.9. The molecule has 0 fully saturated rings. The highest BCUT2D eigenvalue weighted by Crippen LogP contribution is 2.47. The Kier molecular flexibility index (Phi) is 7.54. The number of hydrogen-bond acceptors (Lipinski definition) is 7. The molecular formula is C28H30O7. The first-order valence-corrected chi connectivity index (χ1v) is 12.0. The third-order valence-electron chi connectivity index (χ3n) is 6.47. The zero-order chi connectivity index (χ0) is 24.9. The van der Waals surface area contributed by atoms with E-state index in [-0.39, 0.29) is 29.3 Å². The normalized spacial score (nSPS) is 21.3. The number of benzene rings is 2. The van der Waals surface area contributed by atoms with Gasteiger partial charge in [-0.3, -0.25) is 9.59 Å². The van der Waals surface area contributed by atoms with Crippen molar-refractivity contribution in [1.29, 1.82) is 0 Å². The van der Waals surface area contributed by atoms with Crippen LogP contribution in [0.25, 0.3) is 6.08 Å². The van der Waals surface area contributed by atoms with Gasteiger partial charge in [-0.05, 0) is 61.9 Å².